The SMILES string of the molecule is [2H]C([2H])([2H])C([2H])([2H])n1nc(NC2C3CCC2CN(c2cc(C)ncn2)C3)nc1Oc1ccc(F)c(Cl)c1. The highest BCUT2D eigenvalue weighted by atomic mass is 35.5. The van der Waals surface area contributed by atoms with Gasteiger partial charge in [-0.05, 0) is 50.6 Å². The monoisotopic (exact) mass is 462 g/mol. The number of nitrogens with zero attached hydrogens (tertiary/aromatic N) is 6. The normalized spacial score (nSPS) is 25.4. The summed E-state index contributed by atoms with van der Waals surface area (Å²) in [7, 11) is 0. The van der Waals surface area contributed by atoms with Crippen LogP contribution in [0.3, 0.4) is 0 Å². The maximum Gasteiger partial charge on any atom is 0.322 e. The van der Waals surface area contributed by atoms with Crippen molar-refractivity contribution in [1.29, 1.82) is 0 Å². The molecule has 8 nitrogen and oxygen atoms in total. The highest BCUT2D eigenvalue weighted by molar-refractivity contribution is 6.30. The summed E-state index contributed by atoms with van der Waals surface area (Å²) < 4.78 is 59.3. The molecule has 32 heavy (non-hydrogen) atoms. The predicted molar refractivity (Wildman–Crippen MR) is 120 cm³/mol. The number of anilines is 2. The van der Waals surface area contributed by atoms with Crippen LogP contribution in [0.5, 0.6) is 11.8 Å². The van der Waals surface area contributed by atoms with Gasteiger partial charge in [0.05, 0.1) is 7.76 Å². The molecule has 10 heteroatoms. The molecule has 3 aromatic rings. The Balaban J connectivity index is 1.40. The Kier molecular flexibility index (Phi) is 4.21. The molecule has 1 saturated carbocycles. The molecule has 2 fully saturated rings. The number of hydrogen-bond donors (Lipinski definition) is 1. The van der Waals surface area contributed by atoms with Crippen molar-refractivity contribution in [2.75, 3.05) is 23.3 Å². The van der Waals surface area contributed by atoms with Gasteiger partial charge in [-0.3, -0.25) is 0 Å². The van der Waals surface area contributed by atoms with E-state index in [4.69, 9.17) is 23.2 Å². The van der Waals surface area contributed by atoms with Crippen LogP contribution in [0.1, 0.15) is 32.2 Å². The third-order valence-corrected chi connectivity index (χ3v) is 6.32. The number of ether oxygens (including phenoxy) is 1. The van der Waals surface area contributed by atoms with Crippen molar-refractivity contribution in [2.45, 2.75) is 39.2 Å². The predicted octanol–water partition coefficient (Wildman–Crippen LogP) is 4.31. The number of aromatic nitrogens is 5. The summed E-state index contributed by atoms with van der Waals surface area (Å²) in [6, 6.07) is 5.12. The number of piperidine rings is 1. The summed E-state index contributed by atoms with van der Waals surface area (Å²) in [5, 5.41) is 7.25. The van der Waals surface area contributed by atoms with Gasteiger partial charge in [0.2, 0.25) is 5.95 Å². The van der Waals surface area contributed by atoms with Gasteiger partial charge in [-0.15, -0.1) is 5.10 Å². The van der Waals surface area contributed by atoms with E-state index >= 15 is 0 Å². The second-order valence-corrected chi connectivity index (χ2v) is 8.52. The van der Waals surface area contributed by atoms with Crippen molar-refractivity contribution in [3.05, 3.63) is 47.1 Å². The fourth-order valence-corrected chi connectivity index (χ4v) is 4.72. The van der Waals surface area contributed by atoms with Crippen LogP contribution in [-0.2, 0) is 6.50 Å². The summed E-state index contributed by atoms with van der Waals surface area (Å²) in [6.45, 7) is -2.53. The number of benzene rings is 1. The van der Waals surface area contributed by atoms with Crippen molar-refractivity contribution >= 4 is 23.4 Å². The largest absolute Gasteiger partial charge is 0.424 e. The highest BCUT2D eigenvalue weighted by Crippen LogP contribution is 2.40. The third-order valence-electron chi connectivity index (χ3n) is 6.03. The Labute approximate surface area is 197 Å². The molecule has 0 radical (unpaired) electrons. The molecule has 168 valence electrons. The summed E-state index contributed by atoms with van der Waals surface area (Å²) in [6.07, 6.45) is 3.52. The maximum absolute atomic E-state index is 13.6. The van der Waals surface area contributed by atoms with E-state index < -0.39 is 25.2 Å². The fraction of sp³-hybridized carbons (Fsp3) is 0.455. The van der Waals surface area contributed by atoms with E-state index in [-0.39, 0.29) is 34.6 Å². The van der Waals surface area contributed by atoms with E-state index in [0.717, 1.165) is 43.5 Å². The van der Waals surface area contributed by atoms with E-state index in [2.05, 4.69) is 30.3 Å². The van der Waals surface area contributed by atoms with Gasteiger partial charge in [-0.1, -0.05) is 11.6 Å². The van der Waals surface area contributed by atoms with E-state index in [9.17, 15) is 4.39 Å². The molecule has 2 aromatic heterocycles. The first-order chi connectivity index (χ1) is 17.4. The van der Waals surface area contributed by atoms with E-state index in [1.807, 2.05) is 13.0 Å². The third kappa shape index (κ3) is 4.09. The highest BCUT2D eigenvalue weighted by Gasteiger charge is 2.43. The van der Waals surface area contributed by atoms with E-state index in [1.54, 1.807) is 6.33 Å². The standard InChI is InChI=1S/C22H25ClFN7O/c1-3-31-22(32-16-6-7-18(24)17(23)9-16)28-21(29-31)27-20-14-4-5-15(20)11-30(10-14)19-8-13(2)25-12-26-19/h6-9,12,14-15,20H,3-5,10-11H2,1-2H3,(H,27,29)/i1D3,3D2. The molecule has 2 unspecified atom stereocenters. The molecule has 0 amide bonds. The van der Waals surface area contributed by atoms with Gasteiger partial charge in [0.25, 0.3) is 0 Å². The van der Waals surface area contributed by atoms with Gasteiger partial charge >= 0.3 is 6.01 Å². The van der Waals surface area contributed by atoms with Crippen LogP contribution in [0.2, 0.25) is 5.02 Å². The van der Waals surface area contributed by atoms with Crippen molar-refractivity contribution < 1.29 is 16.0 Å². The summed E-state index contributed by atoms with van der Waals surface area (Å²) >= 11 is 5.83. The van der Waals surface area contributed by atoms with Crippen LogP contribution in [0.4, 0.5) is 16.2 Å². The van der Waals surface area contributed by atoms with Crippen LogP contribution in [0, 0.1) is 24.6 Å². The minimum absolute atomic E-state index is 0.00165. The Morgan fingerprint density at radius 1 is 1.28 bits per heavy atom. The average molecular weight is 463 g/mol. The zero-order valence-electron chi connectivity index (χ0n) is 22.3. The number of halogens is 2. The number of aryl methyl sites for hydroxylation is 2. The molecule has 2 aliphatic rings. The van der Waals surface area contributed by atoms with Crippen LogP contribution >= 0.6 is 11.6 Å². The summed E-state index contributed by atoms with van der Waals surface area (Å²) in [5.41, 5.74) is 0.894. The molecule has 2 atom stereocenters. The van der Waals surface area contributed by atoms with Gasteiger partial charge in [-0.25, -0.2) is 19.0 Å². The van der Waals surface area contributed by atoms with Gasteiger partial charge < -0.3 is 15.0 Å². The number of hydrogen-bond acceptors (Lipinski definition) is 7. The van der Waals surface area contributed by atoms with Crippen LogP contribution in [-0.4, -0.2) is 43.9 Å². The number of nitrogens with one attached hydrogen (secondary N) is 1. The Bertz CT molecular complexity index is 1290. The number of fused-ring (bicyclic) bond motifs is 2. The lowest BCUT2D eigenvalue weighted by Crippen LogP contribution is -2.48. The van der Waals surface area contributed by atoms with Gasteiger partial charge in [-0.2, -0.15) is 4.98 Å². The lowest BCUT2D eigenvalue weighted by molar-refractivity contribution is 0.374. The van der Waals surface area contributed by atoms with Crippen molar-refractivity contribution in [1.82, 2.24) is 24.7 Å². The molecular weight excluding hydrogens is 433 g/mol. The van der Waals surface area contributed by atoms with Crippen LogP contribution in [0.25, 0.3) is 0 Å². The smallest absolute Gasteiger partial charge is 0.322 e. The molecular formula is C22H25ClFN7O. The maximum atomic E-state index is 13.6. The zero-order valence-corrected chi connectivity index (χ0v) is 18.1. The van der Waals surface area contributed by atoms with Crippen LogP contribution in [0.15, 0.2) is 30.6 Å². The lowest BCUT2D eigenvalue weighted by Gasteiger charge is -2.38. The molecule has 1 saturated heterocycles. The first-order valence-corrected chi connectivity index (χ1v) is 10.7. The molecule has 0 spiro atoms. The van der Waals surface area contributed by atoms with E-state index in [1.165, 1.54) is 12.1 Å². The Hall–Kier alpha value is -2.94. The van der Waals surface area contributed by atoms with Gasteiger partial charge in [0.15, 0.2) is 0 Å². The second kappa shape index (κ2) is 8.54. The molecule has 2 bridgehead atoms. The number of rotatable bonds is 6. The van der Waals surface area contributed by atoms with E-state index in [0.29, 0.717) is 4.68 Å². The minimum atomic E-state index is -3.06. The fourth-order valence-electron chi connectivity index (χ4n) is 4.55. The first-order valence-electron chi connectivity index (χ1n) is 12.8. The van der Waals surface area contributed by atoms with Crippen molar-refractivity contribution in [3.8, 4) is 11.8 Å². The molecule has 3 heterocycles. The van der Waals surface area contributed by atoms with Gasteiger partial charge in [0.1, 0.15) is 23.7 Å². The average Bonchev–Trinajstić information content (AvgIpc) is 3.31. The zero-order chi connectivity index (χ0) is 26.5. The summed E-state index contributed by atoms with van der Waals surface area (Å²) in [4.78, 5) is 15.1. The first kappa shape index (κ1) is 15.8. The van der Waals surface area contributed by atoms with Crippen LogP contribution < -0.4 is 15.0 Å². The molecule has 1 aliphatic heterocycles. The minimum Gasteiger partial charge on any atom is -0.424 e. The van der Waals surface area contributed by atoms with Crippen molar-refractivity contribution in [2.24, 2.45) is 11.8 Å². The Morgan fingerprint density at radius 3 is 2.81 bits per heavy atom. The van der Waals surface area contributed by atoms with Crippen molar-refractivity contribution in [3.63, 3.8) is 0 Å². The lowest BCUT2D eigenvalue weighted by atomic mass is 9.92. The molecule has 1 N–H and O–H groups in total. The quantitative estimate of drug-likeness (QED) is 0.584. The molecule has 5 rings (SSSR count). The topological polar surface area (TPSA) is 81.0 Å². The molecule has 1 aromatic carbocycles. The van der Waals surface area contributed by atoms with Gasteiger partial charge in [0, 0.05) is 47.6 Å². The Morgan fingerprint density at radius 2 is 2.09 bits per heavy atom. The molecule has 1 aliphatic carbocycles. The second-order valence-electron chi connectivity index (χ2n) is 8.11. The summed E-state index contributed by atoms with van der Waals surface area (Å²) in [5.74, 6) is 0.826.